The lowest BCUT2D eigenvalue weighted by Crippen LogP contribution is -2.52. The second-order valence-electron chi connectivity index (χ2n) is 4.73. The number of rotatable bonds is 1. The smallest absolute Gasteiger partial charge is 0.317 e. The fraction of sp³-hybridized carbons (Fsp3) is 0.923. The number of nitrogens with one attached hydrogen (secondary N) is 1. The van der Waals surface area contributed by atoms with Crippen molar-refractivity contribution in [3.05, 3.63) is 0 Å². The number of amides is 2. The van der Waals surface area contributed by atoms with Gasteiger partial charge in [0.25, 0.3) is 0 Å². The van der Waals surface area contributed by atoms with Crippen molar-refractivity contribution >= 4 is 19.5 Å². The number of hydrogen-bond donors (Lipinski definition) is 2. The Kier molecular flexibility index (Phi) is 10.1. The fourth-order valence-corrected chi connectivity index (χ4v) is 2.41. The molecule has 0 unspecified atom stereocenters. The van der Waals surface area contributed by atoms with Crippen LogP contribution in [0.2, 0.25) is 0 Å². The van der Waals surface area contributed by atoms with E-state index in [2.05, 4.69) is 5.32 Å². The summed E-state index contributed by atoms with van der Waals surface area (Å²) in [5.41, 5.74) is 0. The van der Waals surface area contributed by atoms with Gasteiger partial charge in [0.1, 0.15) is 0 Å². The quantitative estimate of drug-likeness (QED) is 0.780. The minimum atomic E-state index is 0. The summed E-state index contributed by atoms with van der Waals surface area (Å²) in [5, 5.41) is 13.6. The van der Waals surface area contributed by atoms with Crippen molar-refractivity contribution in [2.45, 2.75) is 52.0 Å². The average molecular weight is 293 g/mol. The Morgan fingerprint density at radius 1 is 1.11 bits per heavy atom. The molecule has 19 heavy (non-hydrogen) atoms. The molecule has 2 fully saturated rings. The molecule has 2 N–H and O–H groups in total. The van der Waals surface area contributed by atoms with Crippen LogP contribution in [0.4, 0.5) is 4.79 Å². The predicted molar refractivity (Wildman–Crippen MR) is 84.2 cm³/mol. The van der Waals surface area contributed by atoms with E-state index in [0.29, 0.717) is 32.2 Å². The molecule has 0 bridgehead atoms. The van der Waals surface area contributed by atoms with Crippen molar-refractivity contribution in [2.24, 2.45) is 0 Å². The highest BCUT2D eigenvalue weighted by Crippen LogP contribution is 2.17. The van der Waals surface area contributed by atoms with Crippen LogP contribution in [-0.4, -0.2) is 53.4 Å². The molecule has 0 aromatic rings. The van der Waals surface area contributed by atoms with Crippen molar-refractivity contribution in [3.63, 3.8) is 0 Å². The van der Waals surface area contributed by atoms with Crippen LogP contribution in [0.1, 0.15) is 47.4 Å². The molecule has 0 radical (unpaired) electrons. The molecule has 0 spiro atoms. The molecule has 0 aromatic carbocycles. The van der Waals surface area contributed by atoms with Gasteiger partial charge in [-0.2, -0.15) is 18.6 Å². The lowest BCUT2D eigenvalue weighted by molar-refractivity contribution is -0.111. The Labute approximate surface area is 125 Å². The van der Waals surface area contributed by atoms with Crippen LogP contribution >= 0.6 is 13.5 Å². The molecule has 1 aliphatic carbocycles. The molecule has 2 rings (SSSR count). The van der Waals surface area contributed by atoms with E-state index < -0.39 is 0 Å². The van der Waals surface area contributed by atoms with E-state index in [1.54, 1.807) is 4.90 Å². The van der Waals surface area contributed by atoms with Gasteiger partial charge < -0.3 is 15.4 Å². The second kappa shape index (κ2) is 10.3. The zero-order valence-corrected chi connectivity index (χ0v) is 13.2. The Bertz CT molecular complexity index is 246. The summed E-state index contributed by atoms with van der Waals surface area (Å²) in [5.74, 6) is 0. The average Bonchev–Trinajstić information content (AvgIpc) is 2.43. The monoisotopic (exact) mass is 293 g/mol. The van der Waals surface area contributed by atoms with E-state index in [1.807, 2.05) is 13.8 Å². The standard InChI is InChI=1S/C11H21N3O2.C2H6.H2S.H2/c15-11(12-10-4-2-1-3-5-10)13-6-8-14(16)9-7-13;1-2;;/h10,16H,1-9H2,(H,12,15);1-2H3;1H2;1H. The lowest BCUT2D eigenvalue weighted by atomic mass is 9.96. The first-order valence-corrected chi connectivity index (χ1v) is 7.25. The lowest BCUT2D eigenvalue weighted by Gasteiger charge is -2.33. The van der Waals surface area contributed by atoms with Crippen LogP contribution in [0, 0.1) is 0 Å². The number of piperazine rings is 1. The molecule has 1 aliphatic heterocycles. The predicted octanol–water partition coefficient (Wildman–Crippen LogP) is 2.42. The number of carbonyl (C=O) groups is 1. The van der Waals surface area contributed by atoms with Gasteiger partial charge in [-0.05, 0) is 12.8 Å². The summed E-state index contributed by atoms with van der Waals surface area (Å²) in [7, 11) is 0. The third kappa shape index (κ3) is 6.49. The Morgan fingerprint density at radius 3 is 2.16 bits per heavy atom. The maximum atomic E-state index is 11.9. The maximum absolute atomic E-state index is 11.9. The van der Waals surface area contributed by atoms with Gasteiger partial charge in [0.15, 0.2) is 0 Å². The zero-order chi connectivity index (χ0) is 13.4. The van der Waals surface area contributed by atoms with Gasteiger partial charge in [-0.1, -0.05) is 33.1 Å². The summed E-state index contributed by atoms with van der Waals surface area (Å²) in [6.07, 6.45) is 6.00. The van der Waals surface area contributed by atoms with E-state index in [0.717, 1.165) is 12.8 Å². The molecular weight excluding hydrogens is 262 g/mol. The largest absolute Gasteiger partial charge is 0.335 e. The molecule has 2 aliphatic rings. The molecule has 5 nitrogen and oxygen atoms in total. The molecule has 2 amide bonds. The topological polar surface area (TPSA) is 55.8 Å². The highest BCUT2D eigenvalue weighted by atomic mass is 32.1. The third-order valence-electron chi connectivity index (χ3n) is 3.48. The maximum Gasteiger partial charge on any atom is 0.317 e. The summed E-state index contributed by atoms with van der Waals surface area (Å²) < 4.78 is 0. The van der Waals surface area contributed by atoms with Crippen molar-refractivity contribution in [1.29, 1.82) is 0 Å². The highest BCUT2D eigenvalue weighted by molar-refractivity contribution is 7.59. The molecular formula is C13H31N3O2S. The normalized spacial score (nSPS) is 20.9. The van der Waals surface area contributed by atoms with Crippen LogP contribution in [0.15, 0.2) is 0 Å². The SMILES string of the molecule is CC.O=C(NC1CCCCC1)N1CCN(O)CC1.S.[HH]. The number of hydrogen-bond acceptors (Lipinski definition) is 3. The summed E-state index contributed by atoms with van der Waals surface area (Å²) in [4.78, 5) is 13.7. The van der Waals surface area contributed by atoms with Gasteiger partial charge in [-0.15, -0.1) is 0 Å². The van der Waals surface area contributed by atoms with Crippen LogP contribution in [0.5, 0.6) is 0 Å². The molecule has 0 atom stereocenters. The van der Waals surface area contributed by atoms with Gasteiger partial charge in [0.2, 0.25) is 0 Å². The summed E-state index contributed by atoms with van der Waals surface area (Å²) in [6, 6.07) is 0.411. The molecule has 6 heteroatoms. The van der Waals surface area contributed by atoms with E-state index >= 15 is 0 Å². The van der Waals surface area contributed by atoms with Crippen LogP contribution in [0.3, 0.4) is 0 Å². The van der Waals surface area contributed by atoms with Gasteiger partial charge in [-0.3, -0.25) is 0 Å². The van der Waals surface area contributed by atoms with Crippen molar-refractivity contribution < 1.29 is 11.4 Å². The molecule has 1 saturated heterocycles. The van der Waals surface area contributed by atoms with E-state index in [9.17, 15) is 10.0 Å². The Morgan fingerprint density at radius 2 is 1.63 bits per heavy atom. The number of hydroxylamine groups is 2. The highest BCUT2D eigenvalue weighted by Gasteiger charge is 2.22. The Hall–Kier alpha value is -0.460. The van der Waals surface area contributed by atoms with Crippen molar-refractivity contribution in [2.75, 3.05) is 26.2 Å². The zero-order valence-electron chi connectivity index (χ0n) is 12.2. The minimum absolute atomic E-state index is 0. The fourth-order valence-electron chi connectivity index (χ4n) is 2.41. The van der Waals surface area contributed by atoms with E-state index in [4.69, 9.17) is 0 Å². The van der Waals surface area contributed by atoms with Gasteiger partial charge in [0, 0.05) is 33.6 Å². The van der Waals surface area contributed by atoms with E-state index in [1.165, 1.54) is 24.3 Å². The first-order chi connectivity index (χ1) is 8.75. The second-order valence-corrected chi connectivity index (χ2v) is 4.73. The van der Waals surface area contributed by atoms with Gasteiger partial charge >= 0.3 is 6.03 Å². The van der Waals surface area contributed by atoms with Gasteiger partial charge in [0.05, 0.1) is 0 Å². The van der Waals surface area contributed by atoms with Crippen LogP contribution < -0.4 is 5.32 Å². The van der Waals surface area contributed by atoms with Crippen LogP contribution in [0.25, 0.3) is 0 Å². The third-order valence-corrected chi connectivity index (χ3v) is 3.48. The number of nitrogens with zero attached hydrogens (tertiary/aromatic N) is 2. The van der Waals surface area contributed by atoms with Crippen molar-refractivity contribution in [3.8, 4) is 0 Å². The van der Waals surface area contributed by atoms with Crippen LogP contribution in [-0.2, 0) is 0 Å². The Balaban J connectivity index is 0. The molecule has 1 saturated carbocycles. The minimum Gasteiger partial charge on any atom is -0.335 e. The summed E-state index contributed by atoms with van der Waals surface area (Å²) in [6.45, 7) is 6.35. The first kappa shape index (κ1) is 18.5. The molecule has 1 heterocycles. The molecule has 0 aromatic heterocycles. The number of urea groups is 1. The molecule has 116 valence electrons. The summed E-state index contributed by atoms with van der Waals surface area (Å²) >= 11 is 0. The van der Waals surface area contributed by atoms with Crippen molar-refractivity contribution in [1.82, 2.24) is 15.3 Å². The van der Waals surface area contributed by atoms with E-state index in [-0.39, 0.29) is 21.0 Å². The number of carbonyl (C=O) groups excluding carboxylic acids is 1. The first-order valence-electron chi connectivity index (χ1n) is 7.25. The van der Waals surface area contributed by atoms with Gasteiger partial charge in [-0.25, -0.2) is 4.79 Å².